The number of aromatic nitrogens is 2. The predicted octanol–water partition coefficient (Wildman–Crippen LogP) is 39.5. The average Bonchev–Trinajstić information content (AvgIpc) is 1.52. The molecule has 0 amide bonds. The largest absolute Gasteiger partial charge is 0.310 e. The molecule has 0 unspecified atom stereocenters. The summed E-state index contributed by atoms with van der Waals surface area (Å²) in [5, 5.41) is 22.6. The van der Waals surface area contributed by atoms with Crippen LogP contribution in [0.15, 0.2) is 534 Å². The van der Waals surface area contributed by atoms with E-state index >= 15 is 0 Å². The first-order valence-electron chi connectivity index (χ1n) is 51.4. The second kappa shape index (κ2) is 35.0. The molecule has 698 valence electrons. The van der Waals surface area contributed by atoms with Crippen LogP contribution in [0.2, 0.25) is 0 Å². The Morgan fingerprint density at radius 2 is 0.392 bits per heavy atom. The van der Waals surface area contributed by atoms with Crippen LogP contribution < -0.4 is 19.6 Å². The average molecular weight is 1890 g/mol. The maximum Gasteiger partial charge on any atom is 0.0541 e. The van der Waals surface area contributed by atoms with Crippen molar-refractivity contribution in [1.82, 2.24) is 9.13 Å². The first-order chi connectivity index (χ1) is 72.9. The molecular weight excluding hydrogens is 1790 g/mol. The summed E-state index contributed by atoms with van der Waals surface area (Å²) in [5.74, 6) is 0. The first-order valence-corrected chi connectivity index (χ1v) is 51.4. The van der Waals surface area contributed by atoms with E-state index in [2.05, 4.69) is 590 Å². The van der Waals surface area contributed by atoms with E-state index in [1.54, 1.807) is 0 Å². The third kappa shape index (κ3) is 14.3. The molecule has 0 N–H and O–H groups in total. The number of fused-ring (bicyclic) bond motifs is 25. The summed E-state index contributed by atoms with van der Waals surface area (Å²) < 4.78 is 4.76. The number of rotatable bonds is 16. The van der Waals surface area contributed by atoms with Crippen LogP contribution in [0.4, 0.5) is 68.2 Å². The van der Waals surface area contributed by atoms with Gasteiger partial charge in [0.15, 0.2) is 0 Å². The van der Waals surface area contributed by atoms with Gasteiger partial charge in [0.25, 0.3) is 0 Å². The molecular formula is C142H100N6. The molecule has 0 bridgehead atoms. The van der Waals surface area contributed by atoms with E-state index in [1.807, 2.05) is 0 Å². The minimum atomic E-state index is -0.298. The highest BCUT2D eigenvalue weighted by atomic mass is 15.2. The van der Waals surface area contributed by atoms with E-state index in [0.717, 1.165) is 79.6 Å². The van der Waals surface area contributed by atoms with E-state index in [0.29, 0.717) is 0 Å². The van der Waals surface area contributed by atoms with Crippen LogP contribution in [0.3, 0.4) is 0 Å². The van der Waals surface area contributed by atoms with Crippen LogP contribution in [0.25, 0.3) is 175 Å². The second-order valence-electron chi connectivity index (χ2n) is 40.6. The van der Waals surface area contributed by atoms with Crippen molar-refractivity contribution in [2.75, 3.05) is 19.6 Å². The van der Waals surface area contributed by atoms with Gasteiger partial charge >= 0.3 is 0 Å². The maximum absolute atomic E-state index is 2.46. The maximum atomic E-state index is 2.46. The van der Waals surface area contributed by atoms with Gasteiger partial charge in [0, 0.05) is 112 Å². The fraction of sp³-hybridized carbons (Fsp3) is 0.0423. The molecule has 0 saturated heterocycles. The fourth-order valence-corrected chi connectivity index (χ4v) is 24.6. The zero-order valence-electron chi connectivity index (χ0n) is 82.5. The van der Waals surface area contributed by atoms with Crippen molar-refractivity contribution >= 4 is 187 Å². The highest BCUT2D eigenvalue weighted by molar-refractivity contribution is 6.28. The summed E-state index contributed by atoms with van der Waals surface area (Å²) in [5.41, 5.74) is 35.2. The van der Waals surface area contributed by atoms with Crippen molar-refractivity contribution in [3.05, 3.63) is 556 Å². The van der Waals surface area contributed by atoms with E-state index in [4.69, 9.17) is 0 Å². The molecule has 2 aliphatic rings. The summed E-state index contributed by atoms with van der Waals surface area (Å²) in [4.78, 5) is 9.71. The number of hydrogen-bond donors (Lipinski definition) is 0. The Morgan fingerprint density at radius 1 is 0.149 bits per heavy atom. The van der Waals surface area contributed by atoms with Gasteiger partial charge in [0.1, 0.15) is 0 Å². The molecule has 148 heavy (non-hydrogen) atoms. The molecule has 25 aromatic carbocycles. The summed E-state index contributed by atoms with van der Waals surface area (Å²) in [7, 11) is 0. The Balaban J connectivity index is 0.000000143. The van der Waals surface area contributed by atoms with Crippen LogP contribution in [0, 0.1) is 0 Å². The number of hydrogen-bond acceptors (Lipinski definition) is 4. The zero-order valence-corrected chi connectivity index (χ0v) is 82.5. The highest BCUT2D eigenvalue weighted by Gasteiger charge is 2.40. The Morgan fingerprint density at radius 3 is 0.757 bits per heavy atom. The van der Waals surface area contributed by atoms with Crippen LogP contribution in [0.1, 0.15) is 49.9 Å². The van der Waals surface area contributed by atoms with Gasteiger partial charge < -0.3 is 28.7 Å². The van der Waals surface area contributed by atoms with Gasteiger partial charge in [0.2, 0.25) is 0 Å². The normalized spacial score (nSPS) is 12.7. The predicted molar refractivity (Wildman–Crippen MR) is 629 cm³/mol. The summed E-state index contributed by atoms with van der Waals surface area (Å²) in [6.45, 7) is 9.58. The molecule has 27 aromatic rings. The van der Waals surface area contributed by atoms with E-state index < -0.39 is 0 Å². The van der Waals surface area contributed by atoms with Crippen LogP contribution in [-0.4, -0.2) is 9.13 Å². The van der Waals surface area contributed by atoms with E-state index in [9.17, 15) is 0 Å². The summed E-state index contributed by atoms with van der Waals surface area (Å²) >= 11 is 0. The SMILES string of the molecule is CC1(C)c2cc(N(c3ccc(-c4ccc5c(c4)c4ccccc4n5-c4ccccc4)cc3)c3ccc4c5ccccc5c5ccccc5c4c3)ccc2-c2ccc(N(c3ccccc3)c3cccc4ccccc34)cc21.CC1(C)c2cc(N(c3ccccc3)c3ccccc3)ccc2-c2ccc(N(c3ccc(-c4ccc5c(c4)c4ccccc4n5-c4ccccc4)cc3)c3ccc4c5ccccc5c5ccccc5c4c3)cc21. The monoisotopic (exact) mass is 1890 g/mol. The van der Waals surface area contributed by atoms with Crippen molar-refractivity contribution in [3.8, 4) is 55.9 Å². The number of benzene rings is 25. The van der Waals surface area contributed by atoms with Crippen molar-refractivity contribution < 1.29 is 0 Å². The quantitative estimate of drug-likeness (QED) is 0.0900. The van der Waals surface area contributed by atoms with Gasteiger partial charge in [-0.05, 0) is 337 Å². The molecule has 0 spiro atoms. The minimum absolute atomic E-state index is 0.272. The van der Waals surface area contributed by atoms with Crippen molar-refractivity contribution in [2.24, 2.45) is 0 Å². The van der Waals surface area contributed by atoms with Crippen molar-refractivity contribution in [2.45, 2.75) is 38.5 Å². The molecule has 0 saturated carbocycles. The zero-order chi connectivity index (χ0) is 98.4. The number of nitrogens with zero attached hydrogens (tertiary/aromatic N) is 6. The molecule has 2 aliphatic carbocycles. The van der Waals surface area contributed by atoms with Gasteiger partial charge in [-0.1, -0.05) is 361 Å². The number of anilines is 12. The van der Waals surface area contributed by atoms with Crippen LogP contribution in [0.5, 0.6) is 0 Å². The third-order valence-corrected chi connectivity index (χ3v) is 31.6. The van der Waals surface area contributed by atoms with E-state index in [-0.39, 0.29) is 10.8 Å². The lowest BCUT2D eigenvalue weighted by Gasteiger charge is -2.30. The molecule has 0 atom stereocenters. The standard InChI is InChI=1S/C73H51N3.C69H49N3/c1-73(2)68-46-55(38-41-63(68)64-42-39-56(47-69(64)73)75(51-20-5-3-6-21-51)70-31-17-19-49-18-9-10-24-57(49)70)74(54-37-40-62-60-27-12-11-25-58(60)59-26-13-14-28-61(59)66(62)45-54)53-35-32-48(33-36-53)50-34-43-72-67(44-50)65-29-15-16-30-71(65)76(72)52-22-7-4-8-23-52;1-69(2)65-44-53(70(48-18-6-3-7-19-48)49-20-8-4-9-21-49)36-39-60(65)61-40-37-54(45-66(61)69)71(52-35-38-59-57-26-13-12-24-55(57)56-25-14-15-27-58(56)63(59)43-52)51-33-30-46(31-34-51)47-32-41-68-64(42-47)62-28-16-17-29-67(62)72(68)50-22-10-5-11-23-50/h3-47H,1-2H3;3-45H,1-2H3. The Kier molecular flexibility index (Phi) is 20.6. The lowest BCUT2D eigenvalue weighted by Crippen LogP contribution is -2.17. The first kappa shape index (κ1) is 87.0. The molecule has 6 heteroatoms. The molecule has 0 fully saturated rings. The topological polar surface area (TPSA) is 22.8 Å². The third-order valence-electron chi connectivity index (χ3n) is 31.6. The highest BCUT2D eigenvalue weighted by Crippen LogP contribution is 2.57. The Hall–Kier alpha value is -18.9. The molecule has 2 heterocycles. The molecule has 6 nitrogen and oxygen atoms in total. The molecule has 0 aliphatic heterocycles. The molecule has 2 aromatic heterocycles. The van der Waals surface area contributed by atoms with Gasteiger partial charge in [-0.15, -0.1) is 0 Å². The Bertz CT molecular complexity index is 9870. The lowest BCUT2D eigenvalue weighted by atomic mass is 9.82. The van der Waals surface area contributed by atoms with Gasteiger partial charge in [-0.2, -0.15) is 0 Å². The second-order valence-corrected chi connectivity index (χ2v) is 40.6. The fourth-order valence-electron chi connectivity index (χ4n) is 24.6. The van der Waals surface area contributed by atoms with Crippen molar-refractivity contribution in [1.29, 1.82) is 0 Å². The van der Waals surface area contributed by atoms with Crippen molar-refractivity contribution in [3.63, 3.8) is 0 Å². The smallest absolute Gasteiger partial charge is 0.0541 e. The van der Waals surface area contributed by atoms with Crippen LogP contribution >= 0.6 is 0 Å². The lowest BCUT2D eigenvalue weighted by molar-refractivity contribution is 0.660. The Labute approximate surface area is 860 Å². The molecule has 0 radical (unpaired) electrons. The molecule has 29 rings (SSSR count). The van der Waals surface area contributed by atoms with Gasteiger partial charge in [-0.3, -0.25) is 0 Å². The minimum Gasteiger partial charge on any atom is -0.310 e. The van der Waals surface area contributed by atoms with Crippen LogP contribution in [-0.2, 0) is 10.8 Å². The number of para-hydroxylation sites is 7. The summed E-state index contributed by atoms with van der Waals surface area (Å²) in [6.07, 6.45) is 0. The van der Waals surface area contributed by atoms with E-state index in [1.165, 1.54) is 186 Å². The van der Waals surface area contributed by atoms with Gasteiger partial charge in [0.05, 0.1) is 27.8 Å². The summed E-state index contributed by atoms with van der Waals surface area (Å²) in [6, 6.07) is 197. The van der Waals surface area contributed by atoms with Gasteiger partial charge in [-0.25, -0.2) is 0 Å².